The quantitative estimate of drug-likeness (QED) is 0.590. The highest BCUT2D eigenvalue weighted by Gasteiger charge is 2.35. The van der Waals surface area contributed by atoms with Crippen molar-refractivity contribution in [1.82, 2.24) is 4.90 Å². The van der Waals surface area contributed by atoms with Gasteiger partial charge in [0.2, 0.25) is 0 Å². The highest BCUT2D eigenvalue weighted by molar-refractivity contribution is 6.34. The molecule has 146 valence electrons. The zero-order chi connectivity index (χ0) is 20.4. The van der Waals surface area contributed by atoms with Gasteiger partial charge < -0.3 is 10.1 Å². The third-order valence-corrected chi connectivity index (χ3v) is 4.93. The second-order valence-corrected chi connectivity index (χ2v) is 7.17. The van der Waals surface area contributed by atoms with Crippen molar-refractivity contribution in [3.05, 3.63) is 63.2 Å². The first-order valence-corrected chi connectivity index (χ1v) is 9.28. The minimum absolute atomic E-state index is 0.238. The van der Waals surface area contributed by atoms with Gasteiger partial charge in [-0.2, -0.15) is 0 Å². The van der Waals surface area contributed by atoms with E-state index >= 15 is 0 Å². The van der Waals surface area contributed by atoms with Crippen LogP contribution in [0.15, 0.2) is 30.3 Å². The van der Waals surface area contributed by atoms with E-state index in [1.54, 1.807) is 13.2 Å². The van der Waals surface area contributed by atoms with Crippen molar-refractivity contribution in [2.75, 3.05) is 25.6 Å². The Morgan fingerprint density at radius 3 is 2.50 bits per heavy atom. The maximum absolute atomic E-state index is 12.7. The number of anilines is 1. The lowest BCUT2D eigenvalue weighted by atomic mass is 10.0. The number of aryl methyl sites for hydroxylation is 2. The lowest BCUT2D eigenvalue weighted by molar-refractivity contribution is 0.0638. The number of nitrogens with zero attached hydrogens (tertiary/aromatic N) is 1. The Kier molecular flexibility index (Phi) is 5.82. The second kappa shape index (κ2) is 8.12. The number of benzene rings is 2. The van der Waals surface area contributed by atoms with Gasteiger partial charge in [0.05, 0.1) is 21.8 Å². The molecule has 0 saturated heterocycles. The molecule has 28 heavy (non-hydrogen) atoms. The lowest BCUT2D eigenvalue weighted by Gasteiger charge is -2.12. The summed E-state index contributed by atoms with van der Waals surface area (Å²) in [5.41, 5.74) is 3.20. The number of hydrogen-bond donors (Lipinski definition) is 1. The molecule has 1 N–H and O–H groups in total. The number of hydrogen-bond acceptors (Lipinski definition) is 4. The monoisotopic (exact) mass is 400 g/mol. The molecule has 0 radical (unpaired) electrons. The van der Waals surface area contributed by atoms with Crippen molar-refractivity contribution >= 4 is 35.0 Å². The van der Waals surface area contributed by atoms with Crippen LogP contribution < -0.4 is 5.32 Å². The summed E-state index contributed by atoms with van der Waals surface area (Å²) in [4.78, 5) is 38.9. The van der Waals surface area contributed by atoms with Crippen LogP contribution in [0.25, 0.3) is 0 Å². The molecule has 2 aromatic carbocycles. The molecule has 0 aliphatic carbocycles. The Morgan fingerprint density at radius 2 is 1.82 bits per heavy atom. The fraction of sp³-hybridized carbons (Fsp3) is 0.286. The van der Waals surface area contributed by atoms with E-state index in [1.165, 1.54) is 23.1 Å². The molecule has 0 fully saturated rings. The van der Waals surface area contributed by atoms with E-state index in [0.29, 0.717) is 29.3 Å². The number of methoxy groups -OCH3 is 1. The van der Waals surface area contributed by atoms with E-state index in [0.717, 1.165) is 11.1 Å². The average Bonchev–Trinajstić information content (AvgIpc) is 2.89. The molecule has 0 unspecified atom stereocenters. The van der Waals surface area contributed by atoms with Crippen LogP contribution in [0.1, 0.15) is 48.6 Å². The normalized spacial score (nSPS) is 13.1. The first-order valence-electron chi connectivity index (χ1n) is 8.90. The molecule has 0 spiro atoms. The third kappa shape index (κ3) is 3.79. The highest BCUT2D eigenvalue weighted by Crippen LogP contribution is 2.29. The van der Waals surface area contributed by atoms with Crippen molar-refractivity contribution < 1.29 is 19.1 Å². The van der Waals surface area contributed by atoms with E-state index in [-0.39, 0.29) is 23.6 Å². The van der Waals surface area contributed by atoms with Gasteiger partial charge in [-0.15, -0.1) is 0 Å². The molecule has 3 amide bonds. The number of amides is 3. The smallest absolute Gasteiger partial charge is 0.261 e. The molecule has 3 rings (SSSR count). The van der Waals surface area contributed by atoms with E-state index in [9.17, 15) is 14.4 Å². The maximum atomic E-state index is 12.7. The number of nitrogens with one attached hydrogen (secondary N) is 1. The van der Waals surface area contributed by atoms with Crippen molar-refractivity contribution in [1.29, 1.82) is 0 Å². The predicted molar refractivity (Wildman–Crippen MR) is 107 cm³/mol. The summed E-state index contributed by atoms with van der Waals surface area (Å²) in [5.74, 6) is -1.13. The van der Waals surface area contributed by atoms with Crippen LogP contribution in [0.3, 0.4) is 0 Å². The van der Waals surface area contributed by atoms with Gasteiger partial charge in [-0.1, -0.05) is 17.7 Å². The van der Waals surface area contributed by atoms with Gasteiger partial charge in [-0.25, -0.2) is 0 Å². The number of ether oxygens (including phenoxy) is 1. The van der Waals surface area contributed by atoms with Crippen molar-refractivity contribution in [2.24, 2.45) is 0 Å². The second-order valence-electron chi connectivity index (χ2n) is 6.76. The summed E-state index contributed by atoms with van der Waals surface area (Å²) in [6, 6.07) is 8.20. The Bertz CT molecular complexity index is 948. The predicted octanol–water partition coefficient (Wildman–Crippen LogP) is 3.84. The van der Waals surface area contributed by atoms with Crippen LogP contribution >= 0.6 is 11.6 Å². The summed E-state index contributed by atoms with van der Waals surface area (Å²) in [6.45, 7) is 4.51. The van der Waals surface area contributed by atoms with Gasteiger partial charge >= 0.3 is 0 Å². The van der Waals surface area contributed by atoms with Gasteiger partial charge in [0.15, 0.2) is 0 Å². The van der Waals surface area contributed by atoms with E-state index < -0.39 is 11.8 Å². The number of imide groups is 1. The van der Waals surface area contributed by atoms with E-state index in [2.05, 4.69) is 5.32 Å². The zero-order valence-corrected chi connectivity index (χ0v) is 16.7. The van der Waals surface area contributed by atoms with Crippen LogP contribution in [0.4, 0.5) is 5.69 Å². The molecule has 0 atom stereocenters. The van der Waals surface area contributed by atoms with E-state index in [4.69, 9.17) is 16.3 Å². The molecule has 2 aromatic rings. The Balaban J connectivity index is 1.83. The van der Waals surface area contributed by atoms with Crippen LogP contribution in [-0.4, -0.2) is 42.9 Å². The summed E-state index contributed by atoms with van der Waals surface area (Å²) < 4.78 is 4.97. The fourth-order valence-electron chi connectivity index (χ4n) is 3.26. The van der Waals surface area contributed by atoms with Gasteiger partial charge in [0.1, 0.15) is 0 Å². The molecule has 1 aliphatic heterocycles. The van der Waals surface area contributed by atoms with Crippen LogP contribution in [0.2, 0.25) is 5.02 Å². The Labute approximate surface area is 168 Å². The molecule has 6 nitrogen and oxygen atoms in total. The molecule has 0 saturated carbocycles. The minimum Gasteiger partial charge on any atom is -0.385 e. The number of fused-ring (bicyclic) bond motifs is 1. The first kappa shape index (κ1) is 20.0. The molecule has 7 heteroatoms. The number of rotatable bonds is 6. The molecule has 0 aromatic heterocycles. The van der Waals surface area contributed by atoms with Gasteiger partial charge in [-0.05, 0) is 55.7 Å². The Hall–Kier alpha value is -2.70. The zero-order valence-electron chi connectivity index (χ0n) is 16.0. The summed E-state index contributed by atoms with van der Waals surface area (Å²) in [5, 5.41) is 3.24. The largest absolute Gasteiger partial charge is 0.385 e. The third-order valence-electron chi connectivity index (χ3n) is 4.63. The van der Waals surface area contributed by atoms with Crippen LogP contribution in [-0.2, 0) is 4.74 Å². The molecular formula is C21H21ClN2O4. The van der Waals surface area contributed by atoms with Gasteiger partial charge in [0.25, 0.3) is 17.7 Å². The standard InChI is InChI=1S/C21H21ClN2O4/c1-12-9-13(2)18(17(22)10-12)23-19(25)14-5-6-15-16(11-14)21(27)24(20(15)26)7-4-8-28-3/h5-6,9-11H,4,7-8H2,1-3H3,(H,23,25). The van der Waals surface area contributed by atoms with Crippen molar-refractivity contribution in [3.8, 4) is 0 Å². The number of carbonyl (C=O) groups excluding carboxylic acids is 3. The van der Waals surface area contributed by atoms with Crippen molar-refractivity contribution in [2.45, 2.75) is 20.3 Å². The molecule has 1 heterocycles. The summed E-state index contributed by atoms with van der Waals surface area (Å²) >= 11 is 6.25. The summed E-state index contributed by atoms with van der Waals surface area (Å²) in [7, 11) is 1.56. The van der Waals surface area contributed by atoms with Crippen molar-refractivity contribution in [3.63, 3.8) is 0 Å². The Morgan fingerprint density at radius 1 is 1.11 bits per heavy atom. The van der Waals surface area contributed by atoms with Gasteiger partial charge in [0, 0.05) is 25.8 Å². The molecule has 0 bridgehead atoms. The van der Waals surface area contributed by atoms with E-state index in [1.807, 2.05) is 19.9 Å². The lowest BCUT2D eigenvalue weighted by Crippen LogP contribution is -2.31. The number of halogens is 1. The average molecular weight is 401 g/mol. The van der Waals surface area contributed by atoms with Crippen LogP contribution in [0.5, 0.6) is 0 Å². The SMILES string of the molecule is COCCCN1C(=O)c2ccc(C(=O)Nc3c(C)cc(C)cc3Cl)cc2C1=O. The summed E-state index contributed by atoms with van der Waals surface area (Å²) in [6.07, 6.45) is 0.556. The fourth-order valence-corrected chi connectivity index (χ4v) is 3.63. The first-order chi connectivity index (χ1) is 13.3. The topological polar surface area (TPSA) is 75.7 Å². The number of carbonyl (C=O) groups is 3. The maximum Gasteiger partial charge on any atom is 0.261 e. The van der Waals surface area contributed by atoms with Gasteiger partial charge in [-0.3, -0.25) is 19.3 Å². The molecule has 1 aliphatic rings. The minimum atomic E-state index is -0.394. The highest BCUT2D eigenvalue weighted by atomic mass is 35.5. The molecular weight excluding hydrogens is 380 g/mol. The van der Waals surface area contributed by atoms with Crippen LogP contribution in [0, 0.1) is 13.8 Å².